The van der Waals surface area contributed by atoms with Crippen LogP contribution >= 0.6 is 23.2 Å². The molecule has 0 aromatic carbocycles. The number of carbonyl (C=O) groups is 1. The minimum Gasteiger partial charge on any atom is -0.450 e. The molecule has 0 aromatic rings. The molecule has 0 heterocycles. The van der Waals surface area contributed by atoms with E-state index in [2.05, 4.69) is 4.74 Å². The van der Waals surface area contributed by atoms with Gasteiger partial charge < -0.3 is 9.84 Å². The number of ether oxygens (including phenoxy) is 1. The maximum atomic E-state index is 10.0. The van der Waals surface area contributed by atoms with Crippen LogP contribution in [0, 0.1) is 0 Å². The first kappa shape index (κ1) is 7.95. The first-order valence-electron chi connectivity index (χ1n) is 2.67. The van der Waals surface area contributed by atoms with Crippen molar-refractivity contribution in [1.29, 1.82) is 0 Å². The molecule has 1 aliphatic carbocycles. The summed E-state index contributed by atoms with van der Waals surface area (Å²) in [4.78, 5) is 10.0. The van der Waals surface area contributed by atoms with E-state index in [1.54, 1.807) is 6.92 Å². The summed E-state index contributed by atoms with van der Waals surface area (Å²) in [5.74, 6) is 0. The molecule has 1 saturated carbocycles. The molecule has 0 spiro atoms. The quantitative estimate of drug-likeness (QED) is 0.502. The van der Waals surface area contributed by atoms with E-state index in [0.29, 0.717) is 6.42 Å². The SMILES string of the molecule is CC1(OC(=O)O)CC1(Cl)Cl. The van der Waals surface area contributed by atoms with Gasteiger partial charge in [0.1, 0.15) is 5.60 Å². The third-order valence-corrected chi connectivity index (χ3v) is 2.59. The van der Waals surface area contributed by atoms with Crippen LogP contribution in [0.5, 0.6) is 0 Å². The van der Waals surface area contributed by atoms with Crippen LogP contribution in [0.1, 0.15) is 13.3 Å². The van der Waals surface area contributed by atoms with Crippen molar-refractivity contribution in [3.8, 4) is 0 Å². The predicted molar refractivity (Wildman–Crippen MR) is 36.6 cm³/mol. The number of hydrogen-bond acceptors (Lipinski definition) is 2. The Morgan fingerprint density at radius 3 is 2.20 bits per heavy atom. The average molecular weight is 185 g/mol. The summed E-state index contributed by atoms with van der Waals surface area (Å²) in [5, 5.41) is 8.18. The van der Waals surface area contributed by atoms with Gasteiger partial charge in [-0.3, -0.25) is 0 Å². The third-order valence-electron chi connectivity index (χ3n) is 1.52. The highest BCUT2D eigenvalue weighted by atomic mass is 35.5. The van der Waals surface area contributed by atoms with Crippen LogP contribution < -0.4 is 0 Å². The second-order valence-electron chi connectivity index (χ2n) is 2.48. The van der Waals surface area contributed by atoms with Crippen molar-refractivity contribution in [1.82, 2.24) is 0 Å². The maximum absolute atomic E-state index is 10.0. The molecule has 1 aliphatic rings. The van der Waals surface area contributed by atoms with Crippen molar-refractivity contribution in [3.05, 3.63) is 0 Å². The first-order valence-corrected chi connectivity index (χ1v) is 3.43. The summed E-state index contributed by atoms with van der Waals surface area (Å²) in [7, 11) is 0. The van der Waals surface area contributed by atoms with Gasteiger partial charge in [-0.05, 0) is 6.92 Å². The van der Waals surface area contributed by atoms with Crippen LogP contribution in [0.3, 0.4) is 0 Å². The monoisotopic (exact) mass is 184 g/mol. The van der Waals surface area contributed by atoms with Gasteiger partial charge in [0.05, 0.1) is 0 Å². The zero-order valence-electron chi connectivity index (χ0n) is 5.23. The summed E-state index contributed by atoms with van der Waals surface area (Å²) in [6.45, 7) is 1.56. The Hall–Kier alpha value is -0.150. The molecule has 0 saturated heterocycles. The van der Waals surface area contributed by atoms with Gasteiger partial charge >= 0.3 is 6.16 Å². The number of halogens is 2. The van der Waals surface area contributed by atoms with Crippen LogP contribution in [-0.2, 0) is 4.74 Å². The highest BCUT2D eigenvalue weighted by Crippen LogP contribution is 2.58. The predicted octanol–water partition coefficient (Wildman–Crippen LogP) is 2.02. The fourth-order valence-corrected chi connectivity index (χ4v) is 1.27. The summed E-state index contributed by atoms with van der Waals surface area (Å²) in [6.07, 6.45) is -0.985. The van der Waals surface area contributed by atoms with Crippen molar-refractivity contribution < 1.29 is 14.6 Å². The molecular formula is C5H6Cl2O3. The molecular weight excluding hydrogens is 179 g/mol. The summed E-state index contributed by atoms with van der Waals surface area (Å²) in [5.41, 5.74) is -0.901. The van der Waals surface area contributed by atoms with E-state index < -0.39 is 16.1 Å². The van der Waals surface area contributed by atoms with E-state index in [4.69, 9.17) is 28.3 Å². The van der Waals surface area contributed by atoms with Gasteiger partial charge in [-0.2, -0.15) is 0 Å². The lowest BCUT2D eigenvalue weighted by Crippen LogP contribution is -2.20. The Labute approximate surface area is 67.9 Å². The average Bonchev–Trinajstić information content (AvgIpc) is 2.01. The zero-order valence-corrected chi connectivity index (χ0v) is 6.74. The molecule has 0 bridgehead atoms. The van der Waals surface area contributed by atoms with Crippen molar-refractivity contribution >= 4 is 29.4 Å². The molecule has 5 heteroatoms. The van der Waals surface area contributed by atoms with Crippen LogP contribution in [0.2, 0.25) is 0 Å². The zero-order chi connectivity index (χ0) is 7.99. The van der Waals surface area contributed by atoms with Crippen molar-refractivity contribution in [2.24, 2.45) is 0 Å². The number of hydrogen-bond donors (Lipinski definition) is 1. The van der Waals surface area contributed by atoms with Gasteiger partial charge in [-0.1, -0.05) is 23.2 Å². The fourth-order valence-electron chi connectivity index (χ4n) is 0.683. The largest absolute Gasteiger partial charge is 0.506 e. The van der Waals surface area contributed by atoms with Gasteiger partial charge in [0.2, 0.25) is 0 Å². The minimum atomic E-state index is -1.34. The van der Waals surface area contributed by atoms with Gasteiger partial charge in [0.25, 0.3) is 0 Å². The van der Waals surface area contributed by atoms with Gasteiger partial charge in [-0.25, -0.2) is 4.79 Å². The Morgan fingerprint density at radius 2 is 2.10 bits per heavy atom. The molecule has 3 nitrogen and oxygen atoms in total. The van der Waals surface area contributed by atoms with Gasteiger partial charge in [-0.15, -0.1) is 0 Å². The summed E-state index contributed by atoms with van der Waals surface area (Å²) >= 11 is 11.1. The molecule has 1 N–H and O–H groups in total. The molecule has 0 radical (unpaired) electrons. The Bertz CT molecular complexity index is 180. The molecule has 1 rings (SSSR count). The van der Waals surface area contributed by atoms with E-state index in [0.717, 1.165) is 0 Å². The topological polar surface area (TPSA) is 46.5 Å². The van der Waals surface area contributed by atoms with Crippen LogP contribution in [-0.4, -0.2) is 21.2 Å². The fraction of sp³-hybridized carbons (Fsp3) is 0.800. The smallest absolute Gasteiger partial charge is 0.450 e. The normalized spacial score (nSPS) is 35.1. The highest BCUT2D eigenvalue weighted by Gasteiger charge is 2.67. The van der Waals surface area contributed by atoms with E-state index in [1.807, 2.05) is 0 Å². The first-order chi connectivity index (χ1) is 4.37. The molecule has 58 valence electrons. The molecule has 1 unspecified atom stereocenters. The highest BCUT2D eigenvalue weighted by molar-refractivity contribution is 6.52. The van der Waals surface area contributed by atoms with Crippen LogP contribution in [0.15, 0.2) is 0 Å². The van der Waals surface area contributed by atoms with E-state index >= 15 is 0 Å². The summed E-state index contributed by atoms with van der Waals surface area (Å²) in [6, 6.07) is 0. The van der Waals surface area contributed by atoms with Gasteiger partial charge in [0, 0.05) is 6.42 Å². The minimum absolute atomic E-state index is 0.357. The molecule has 1 fully saturated rings. The number of rotatable bonds is 1. The van der Waals surface area contributed by atoms with Gasteiger partial charge in [0.15, 0.2) is 4.33 Å². The lowest BCUT2D eigenvalue weighted by atomic mass is 10.4. The Balaban J connectivity index is 2.52. The second kappa shape index (κ2) is 1.92. The second-order valence-corrected chi connectivity index (χ2v) is 3.96. The number of alkyl halides is 2. The maximum Gasteiger partial charge on any atom is 0.506 e. The number of carboxylic acid groups (broad SMARTS) is 1. The molecule has 10 heavy (non-hydrogen) atoms. The Kier molecular flexibility index (Phi) is 1.53. The molecule has 0 aromatic heterocycles. The van der Waals surface area contributed by atoms with Crippen LogP contribution in [0.25, 0.3) is 0 Å². The Morgan fingerprint density at radius 1 is 1.70 bits per heavy atom. The standard InChI is InChI=1S/C5H6Cl2O3/c1-4(10-3(8)9)2-5(4,6)7/h2H2,1H3,(H,8,9). The van der Waals surface area contributed by atoms with Crippen molar-refractivity contribution in [3.63, 3.8) is 0 Å². The third kappa shape index (κ3) is 1.16. The molecule has 0 amide bonds. The van der Waals surface area contributed by atoms with E-state index in [-0.39, 0.29) is 0 Å². The lowest BCUT2D eigenvalue weighted by Gasteiger charge is -2.09. The summed E-state index contributed by atoms with van der Waals surface area (Å²) < 4.78 is 3.39. The molecule has 1 atom stereocenters. The van der Waals surface area contributed by atoms with E-state index in [9.17, 15) is 4.79 Å². The van der Waals surface area contributed by atoms with Crippen LogP contribution in [0.4, 0.5) is 4.79 Å². The lowest BCUT2D eigenvalue weighted by molar-refractivity contribution is 0.0464. The molecule has 0 aliphatic heterocycles. The van der Waals surface area contributed by atoms with E-state index in [1.165, 1.54) is 0 Å². The van der Waals surface area contributed by atoms with Crippen molar-refractivity contribution in [2.45, 2.75) is 23.3 Å². The van der Waals surface area contributed by atoms with Crippen molar-refractivity contribution in [2.75, 3.05) is 0 Å².